The number of aromatic hydroxyl groups is 2. The van der Waals surface area contributed by atoms with E-state index in [1.165, 1.54) is 24.3 Å². The van der Waals surface area contributed by atoms with Crippen LogP contribution in [0.2, 0.25) is 0 Å². The summed E-state index contributed by atoms with van der Waals surface area (Å²) in [6.07, 6.45) is 0. The van der Waals surface area contributed by atoms with Gasteiger partial charge in [-0.2, -0.15) is 10.2 Å². The summed E-state index contributed by atoms with van der Waals surface area (Å²) < 4.78 is 0. The predicted molar refractivity (Wildman–Crippen MR) is 121 cm³/mol. The number of nitrogens with one attached hydrogen (secondary N) is 2. The molecule has 0 aromatic heterocycles. The molecule has 0 saturated carbocycles. The van der Waals surface area contributed by atoms with Crippen molar-refractivity contribution in [3.63, 3.8) is 0 Å². The molecule has 0 unspecified atom stereocenters. The number of benzene rings is 2. The van der Waals surface area contributed by atoms with Gasteiger partial charge in [-0.3, -0.25) is 9.59 Å². The maximum atomic E-state index is 12.5. The summed E-state index contributed by atoms with van der Waals surface area (Å²) in [5, 5.41) is 32.1. The van der Waals surface area contributed by atoms with E-state index in [9.17, 15) is 19.8 Å². The molecule has 0 atom stereocenters. The Labute approximate surface area is 187 Å². The summed E-state index contributed by atoms with van der Waals surface area (Å²) in [6, 6.07) is 12.1. The Hall–Kier alpha value is -2.84. The van der Waals surface area contributed by atoms with Gasteiger partial charge in [-0.15, -0.1) is 24.8 Å². The average molecular weight is 457 g/mol. The molecule has 4 N–H and O–H groups in total. The van der Waals surface area contributed by atoms with E-state index >= 15 is 0 Å². The first-order chi connectivity index (χ1) is 13.0. The van der Waals surface area contributed by atoms with Gasteiger partial charge in [0, 0.05) is 11.4 Å². The fourth-order valence-corrected chi connectivity index (χ4v) is 2.00. The summed E-state index contributed by atoms with van der Waals surface area (Å²) in [7, 11) is 0. The number of halogens is 2. The number of azo groups is 1. The maximum Gasteiger partial charge on any atom is 0.253 e. The number of phenols is 2. The minimum absolute atomic E-state index is 0. The van der Waals surface area contributed by atoms with Crippen LogP contribution >= 0.6 is 24.8 Å². The van der Waals surface area contributed by atoms with E-state index in [2.05, 4.69) is 20.9 Å². The molecule has 0 radical (unpaired) electrons. The van der Waals surface area contributed by atoms with Gasteiger partial charge in [0.15, 0.2) is 11.1 Å². The maximum absolute atomic E-state index is 12.5. The van der Waals surface area contributed by atoms with Crippen molar-refractivity contribution in [2.75, 3.05) is 10.6 Å². The van der Waals surface area contributed by atoms with E-state index < -0.39 is 22.9 Å². The number of anilines is 2. The van der Waals surface area contributed by atoms with E-state index in [-0.39, 0.29) is 36.3 Å². The fraction of sp³-hybridized carbons (Fsp3) is 0.300. The summed E-state index contributed by atoms with van der Waals surface area (Å²) in [5.74, 6) is -0.620. The molecule has 0 fully saturated rings. The quantitative estimate of drug-likeness (QED) is 0.376. The molecule has 0 aliphatic heterocycles. The van der Waals surface area contributed by atoms with E-state index in [1.54, 1.807) is 52.0 Å². The Bertz CT molecular complexity index is 809. The zero-order valence-corrected chi connectivity index (χ0v) is 18.7. The molecule has 8 nitrogen and oxygen atoms in total. The molecule has 0 aliphatic rings. The lowest BCUT2D eigenvalue weighted by Gasteiger charge is -2.22. The largest absolute Gasteiger partial charge is 0.508 e. The SMILES string of the molecule is CC(C)(N=NC(C)(C)C(=O)Nc1ccc(O)cc1)C(=O)Nc1ccc(O)cc1.Cl.Cl. The average Bonchev–Trinajstić information content (AvgIpc) is 2.64. The molecule has 10 heteroatoms. The minimum atomic E-state index is -1.21. The van der Waals surface area contributed by atoms with Crippen LogP contribution in [-0.4, -0.2) is 33.1 Å². The van der Waals surface area contributed by atoms with Crippen LogP contribution in [0.4, 0.5) is 11.4 Å². The van der Waals surface area contributed by atoms with E-state index in [1.807, 2.05) is 0 Å². The Morgan fingerprint density at radius 3 is 1.20 bits per heavy atom. The smallest absolute Gasteiger partial charge is 0.253 e. The highest BCUT2D eigenvalue weighted by atomic mass is 35.5. The zero-order valence-electron chi connectivity index (χ0n) is 17.0. The first-order valence-corrected chi connectivity index (χ1v) is 8.65. The third-order valence-electron chi connectivity index (χ3n) is 3.91. The first kappa shape index (κ1) is 27.2. The highest BCUT2D eigenvalue weighted by molar-refractivity contribution is 5.98. The second-order valence-electron chi connectivity index (χ2n) is 7.32. The number of hydrogen-bond acceptors (Lipinski definition) is 6. The molecule has 2 amide bonds. The lowest BCUT2D eigenvalue weighted by atomic mass is 10.0. The van der Waals surface area contributed by atoms with Gasteiger partial charge in [-0.05, 0) is 76.2 Å². The molecular formula is C20H26Cl2N4O4. The van der Waals surface area contributed by atoms with Crippen LogP contribution in [0, 0.1) is 0 Å². The number of carbonyl (C=O) groups excluding carboxylic acids is 2. The van der Waals surface area contributed by atoms with Crippen LogP contribution < -0.4 is 10.6 Å². The molecule has 0 heterocycles. The highest BCUT2D eigenvalue weighted by Crippen LogP contribution is 2.21. The van der Waals surface area contributed by atoms with Crippen molar-refractivity contribution in [1.82, 2.24) is 0 Å². The van der Waals surface area contributed by atoms with Gasteiger partial charge < -0.3 is 20.8 Å². The number of rotatable bonds is 6. The number of nitrogens with zero attached hydrogens (tertiary/aromatic N) is 2. The van der Waals surface area contributed by atoms with Crippen molar-refractivity contribution in [2.24, 2.45) is 10.2 Å². The Morgan fingerprint density at radius 2 is 0.933 bits per heavy atom. The lowest BCUT2D eigenvalue weighted by Crippen LogP contribution is -2.38. The monoisotopic (exact) mass is 456 g/mol. The van der Waals surface area contributed by atoms with Crippen molar-refractivity contribution >= 4 is 48.0 Å². The standard InChI is InChI=1S/C20H24N4O4.2ClH/c1-19(2,17(27)21-13-5-9-15(25)10-6-13)23-24-20(3,4)18(28)22-14-7-11-16(26)12-8-14;;/h5-12,25-26H,1-4H3,(H,21,27)(H,22,28);2*1H. The van der Waals surface area contributed by atoms with Crippen LogP contribution in [0.3, 0.4) is 0 Å². The fourth-order valence-electron chi connectivity index (χ4n) is 2.00. The molecule has 2 rings (SSSR count). The van der Waals surface area contributed by atoms with Gasteiger partial charge >= 0.3 is 0 Å². The van der Waals surface area contributed by atoms with Crippen molar-refractivity contribution in [3.8, 4) is 11.5 Å². The van der Waals surface area contributed by atoms with Gasteiger partial charge in [0.1, 0.15) is 11.5 Å². The zero-order chi connectivity index (χ0) is 20.9. The lowest BCUT2D eigenvalue weighted by molar-refractivity contribution is -0.122. The van der Waals surface area contributed by atoms with E-state index in [0.717, 1.165) is 0 Å². The van der Waals surface area contributed by atoms with Crippen LogP contribution in [0.5, 0.6) is 11.5 Å². The summed E-state index contributed by atoms with van der Waals surface area (Å²) in [6.45, 7) is 6.33. The van der Waals surface area contributed by atoms with E-state index in [0.29, 0.717) is 11.4 Å². The Morgan fingerprint density at radius 1 is 0.667 bits per heavy atom. The Kier molecular flexibility index (Phi) is 9.78. The highest BCUT2D eigenvalue weighted by Gasteiger charge is 2.32. The van der Waals surface area contributed by atoms with Crippen molar-refractivity contribution in [1.29, 1.82) is 0 Å². The third kappa shape index (κ3) is 7.53. The molecule has 0 spiro atoms. The second-order valence-corrected chi connectivity index (χ2v) is 7.32. The van der Waals surface area contributed by atoms with Crippen LogP contribution in [-0.2, 0) is 9.59 Å². The number of carbonyl (C=O) groups is 2. The minimum Gasteiger partial charge on any atom is -0.508 e. The molecule has 0 saturated heterocycles. The predicted octanol–water partition coefficient (Wildman–Crippen LogP) is 4.53. The van der Waals surface area contributed by atoms with Gasteiger partial charge in [0.25, 0.3) is 11.8 Å². The molecule has 0 bridgehead atoms. The first-order valence-electron chi connectivity index (χ1n) is 8.65. The molecule has 0 aliphatic carbocycles. The van der Waals surface area contributed by atoms with Gasteiger partial charge in [-0.25, -0.2) is 0 Å². The van der Waals surface area contributed by atoms with Gasteiger partial charge in [-0.1, -0.05) is 0 Å². The van der Waals surface area contributed by atoms with E-state index in [4.69, 9.17) is 0 Å². The molecule has 2 aromatic rings. The van der Waals surface area contributed by atoms with Crippen molar-refractivity contribution in [2.45, 2.75) is 38.8 Å². The molecule has 30 heavy (non-hydrogen) atoms. The molecular weight excluding hydrogens is 431 g/mol. The summed E-state index contributed by atoms with van der Waals surface area (Å²) in [5.41, 5.74) is -1.41. The number of hydrogen-bond donors (Lipinski definition) is 4. The third-order valence-corrected chi connectivity index (χ3v) is 3.91. The topological polar surface area (TPSA) is 123 Å². The summed E-state index contributed by atoms with van der Waals surface area (Å²) >= 11 is 0. The normalized spacial score (nSPS) is 11.2. The Balaban J connectivity index is 0.00000420. The van der Waals surface area contributed by atoms with Gasteiger partial charge in [0.05, 0.1) is 0 Å². The number of amides is 2. The van der Waals surface area contributed by atoms with Crippen LogP contribution in [0.15, 0.2) is 58.8 Å². The number of phenolic OH excluding ortho intramolecular Hbond substituents is 2. The molecule has 2 aromatic carbocycles. The van der Waals surface area contributed by atoms with Crippen LogP contribution in [0.1, 0.15) is 27.7 Å². The van der Waals surface area contributed by atoms with Crippen LogP contribution in [0.25, 0.3) is 0 Å². The van der Waals surface area contributed by atoms with Gasteiger partial charge in [0.2, 0.25) is 0 Å². The second kappa shape index (κ2) is 10.8. The molecule has 164 valence electrons. The van der Waals surface area contributed by atoms with Crippen molar-refractivity contribution < 1.29 is 19.8 Å². The van der Waals surface area contributed by atoms with Crippen molar-refractivity contribution in [3.05, 3.63) is 48.5 Å². The summed E-state index contributed by atoms with van der Waals surface area (Å²) in [4.78, 5) is 25.0.